The van der Waals surface area contributed by atoms with Gasteiger partial charge in [-0.05, 0) is 50.7 Å². The van der Waals surface area contributed by atoms with Gasteiger partial charge in [-0.25, -0.2) is 9.37 Å². The molecule has 2 saturated carbocycles. The molecule has 33 heavy (non-hydrogen) atoms. The molecule has 0 radical (unpaired) electrons. The Kier molecular flexibility index (Phi) is 7.13. The van der Waals surface area contributed by atoms with E-state index in [1.54, 1.807) is 6.33 Å². The van der Waals surface area contributed by atoms with Gasteiger partial charge in [0.15, 0.2) is 6.61 Å². The first kappa shape index (κ1) is 23.8. The van der Waals surface area contributed by atoms with Crippen molar-refractivity contribution in [2.24, 2.45) is 0 Å². The van der Waals surface area contributed by atoms with Crippen molar-refractivity contribution in [1.29, 1.82) is 0 Å². The number of carbonyl (C=O) groups excluding carboxylic acids is 1. The predicted molar refractivity (Wildman–Crippen MR) is 111 cm³/mol. The maximum absolute atomic E-state index is 13.4. The van der Waals surface area contributed by atoms with Gasteiger partial charge < -0.3 is 14.6 Å². The first-order valence-electron chi connectivity index (χ1n) is 10.8. The van der Waals surface area contributed by atoms with E-state index in [1.165, 1.54) is 12.1 Å². The second-order valence-electron chi connectivity index (χ2n) is 8.54. The molecule has 0 unspecified atom stereocenters. The zero-order valence-electron chi connectivity index (χ0n) is 17.7. The third kappa shape index (κ3) is 6.38. The number of nitrogens with zero attached hydrogens (tertiary/aromatic N) is 2. The van der Waals surface area contributed by atoms with E-state index < -0.39 is 18.3 Å². The zero-order valence-corrected chi connectivity index (χ0v) is 18.4. The number of rotatable bonds is 7. The number of aromatic nitrogens is 2. The molecule has 2 aliphatic rings. The van der Waals surface area contributed by atoms with E-state index in [-0.39, 0.29) is 41.3 Å². The Morgan fingerprint density at radius 3 is 2.61 bits per heavy atom. The molecule has 2 aromatic rings. The number of hydrogen-bond acceptors (Lipinski definition) is 4. The number of halogens is 5. The number of hydrogen-bond donors (Lipinski definition) is 1. The third-order valence-corrected chi connectivity index (χ3v) is 6.49. The van der Waals surface area contributed by atoms with Crippen molar-refractivity contribution in [1.82, 2.24) is 14.9 Å². The Labute approximate surface area is 193 Å². The number of benzene rings is 1. The fraction of sp³-hybridized carbons (Fsp3) is 0.545. The van der Waals surface area contributed by atoms with Crippen LogP contribution in [-0.2, 0) is 9.53 Å². The van der Waals surface area contributed by atoms with Gasteiger partial charge >= 0.3 is 6.36 Å². The van der Waals surface area contributed by atoms with Crippen molar-refractivity contribution >= 4 is 17.5 Å². The fourth-order valence-electron chi connectivity index (χ4n) is 4.36. The monoisotopic (exact) mass is 489 g/mol. The second-order valence-corrected chi connectivity index (χ2v) is 8.94. The van der Waals surface area contributed by atoms with Gasteiger partial charge in [0.25, 0.3) is 5.91 Å². The van der Waals surface area contributed by atoms with Crippen molar-refractivity contribution in [3.63, 3.8) is 0 Å². The summed E-state index contributed by atoms with van der Waals surface area (Å²) >= 11 is 5.62. The highest BCUT2D eigenvalue weighted by atomic mass is 35.5. The Balaban J connectivity index is 1.18. The van der Waals surface area contributed by atoms with Crippen LogP contribution < -0.4 is 10.1 Å². The van der Waals surface area contributed by atoms with Gasteiger partial charge in [0.1, 0.15) is 11.6 Å². The average Bonchev–Trinajstić information content (AvgIpc) is 3.21. The minimum Gasteiger partial charge on any atom is -0.484 e. The van der Waals surface area contributed by atoms with Crippen molar-refractivity contribution in [3.05, 3.63) is 47.3 Å². The molecule has 0 atom stereocenters. The summed E-state index contributed by atoms with van der Waals surface area (Å²) in [6, 6.07) is 4.25. The standard InChI is InChI=1S/C22H24ClF4N3O3/c23-18-6-5-16(9-19(18)24)32-11-21(31)29-14-1-3-15(4-2-14)30-10-20(28-12-30)13-7-17(8-13)33-22(25,26)27/h5-6,9-10,12-15,17H,1-4,7-8,11H2,(H,29,31). The van der Waals surface area contributed by atoms with Gasteiger partial charge in [0, 0.05) is 30.3 Å². The smallest absolute Gasteiger partial charge is 0.484 e. The highest BCUT2D eigenvalue weighted by Gasteiger charge is 2.41. The van der Waals surface area contributed by atoms with Crippen LogP contribution in [0, 0.1) is 5.82 Å². The van der Waals surface area contributed by atoms with Crippen molar-refractivity contribution in [3.8, 4) is 5.75 Å². The minimum absolute atomic E-state index is 0.0108. The third-order valence-electron chi connectivity index (χ3n) is 6.18. The lowest BCUT2D eigenvalue weighted by atomic mass is 9.80. The lowest BCUT2D eigenvalue weighted by molar-refractivity contribution is -0.351. The maximum Gasteiger partial charge on any atom is 0.522 e. The summed E-state index contributed by atoms with van der Waals surface area (Å²) in [4.78, 5) is 16.5. The van der Waals surface area contributed by atoms with Gasteiger partial charge in [-0.1, -0.05) is 11.6 Å². The molecular weight excluding hydrogens is 466 g/mol. The zero-order chi connectivity index (χ0) is 23.6. The van der Waals surface area contributed by atoms with Crippen LogP contribution in [0.2, 0.25) is 5.02 Å². The summed E-state index contributed by atoms with van der Waals surface area (Å²) in [5.41, 5.74) is 0.795. The summed E-state index contributed by atoms with van der Waals surface area (Å²) < 4.78 is 61.6. The number of ether oxygens (including phenoxy) is 2. The van der Waals surface area contributed by atoms with E-state index in [1.807, 2.05) is 10.8 Å². The maximum atomic E-state index is 13.4. The number of amides is 1. The molecule has 1 heterocycles. The average molecular weight is 490 g/mol. The van der Waals surface area contributed by atoms with Crippen molar-refractivity contribution in [2.45, 2.75) is 69.0 Å². The topological polar surface area (TPSA) is 65.4 Å². The fourth-order valence-corrected chi connectivity index (χ4v) is 4.48. The van der Waals surface area contributed by atoms with Crippen molar-refractivity contribution < 1.29 is 31.8 Å². The molecule has 1 N–H and O–H groups in total. The summed E-state index contributed by atoms with van der Waals surface area (Å²) in [6.07, 6.45) is 2.15. The van der Waals surface area contributed by atoms with E-state index in [4.69, 9.17) is 16.3 Å². The van der Waals surface area contributed by atoms with E-state index in [0.29, 0.717) is 12.8 Å². The summed E-state index contributed by atoms with van der Waals surface area (Å²) in [5.74, 6) is -0.667. The molecule has 1 amide bonds. The first-order valence-corrected chi connectivity index (χ1v) is 11.2. The first-order chi connectivity index (χ1) is 15.7. The molecule has 6 nitrogen and oxygen atoms in total. The highest BCUT2D eigenvalue weighted by molar-refractivity contribution is 6.30. The van der Waals surface area contributed by atoms with Gasteiger partial charge in [-0.3, -0.25) is 9.53 Å². The Morgan fingerprint density at radius 2 is 1.94 bits per heavy atom. The molecule has 1 aromatic heterocycles. The SMILES string of the molecule is O=C(COc1ccc(Cl)c(F)c1)NC1CCC(n2cnc(C3CC(OC(F)(F)F)C3)c2)CC1. The van der Waals surface area contributed by atoms with Gasteiger partial charge in [-0.2, -0.15) is 0 Å². The quantitative estimate of drug-likeness (QED) is 0.547. The molecule has 2 aliphatic carbocycles. The number of imidazole rings is 1. The van der Waals surface area contributed by atoms with E-state index in [0.717, 1.165) is 37.4 Å². The van der Waals surface area contributed by atoms with E-state index >= 15 is 0 Å². The summed E-state index contributed by atoms with van der Waals surface area (Å²) in [5, 5.41) is 2.92. The van der Waals surface area contributed by atoms with Crippen LogP contribution in [0.1, 0.15) is 56.2 Å². The number of nitrogens with one attached hydrogen (secondary N) is 1. The Hall–Kier alpha value is -2.33. The van der Waals surface area contributed by atoms with Crippen LogP contribution in [0.25, 0.3) is 0 Å². The molecular formula is C22H24ClF4N3O3. The molecule has 0 aliphatic heterocycles. The van der Waals surface area contributed by atoms with Crippen LogP contribution in [-0.4, -0.2) is 40.6 Å². The normalized spacial score (nSPS) is 25.4. The lowest BCUT2D eigenvalue weighted by Gasteiger charge is -2.34. The number of alkyl halides is 3. The molecule has 1 aromatic carbocycles. The number of carbonyl (C=O) groups is 1. The minimum atomic E-state index is -4.59. The van der Waals surface area contributed by atoms with Crippen LogP contribution in [0.5, 0.6) is 5.75 Å². The summed E-state index contributed by atoms with van der Waals surface area (Å²) in [7, 11) is 0. The van der Waals surface area contributed by atoms with Crippen LogP contribution in [0.15, 0.2) is 30.7 Å². The van der Waals surface area contributed by atoms with Crippen molar-refractivity contribution in [2.75, 3.05) is 6.61 Å². The predicted octanol–water partition coefficient (Wildman–Crippen LogP) is 5.14. The summed E-state index contributed by atoms with van der Waals surface area (Å²) in [6.45, 7) is -0.216. The van der Waals surface area contributed by atoms with Crippen LogP contribution in [0.3, 0.4) is 0 Å². The molecule has 0 bridgehead atoms. The van der Waals surface area contributed by atoms with E-state index in [9.17, 15) is 22.4 Å². The molecule has 11 heteroatoms. The van der Waals surface area contributed by atoms with Crippen LogP contribution >= 0.6 is 11.6 Å². The van der Waals surface area contributed by atoms with Gasteiger partial charge in [-0.15, -0.1) is 13.2 Å². The second kappa shape index (κ2) is 9.89. The van der Waals surface area contributed by atoms with Gasteiger partial charge in [0.05, 0.1) is 23.1 Å². The Morgan fingerprint density at radius 1 is 1.21 bits per heavy atom. The lowest BCUT2D eigenvalue weighted by Crippen LogP contribution is -2.40. The largest absolute Gasteiger partial charge is 0.522 e. The molecule has 180 valence electrons. The van der Waals surface area contributed by atoms with E-state index in [2.05, 4.69) is 15.0 Å². The molecule has 0 saturated heterocycles. The van der Waals surface area contributed by atoms with Gasteiger partial charge in [0.2, 0.25) is 0 Å². The molecule has 2 fully saturated rings. The highest BCUT2D eigenvalue weighted by Crippen LogP contribution is 2.41. The van der Waals surface area contributed by atoms with Crippen LogP contribution in [0.4, 0.5) is 17.6 Å². The molecule has 0 spiro atoms. The molecule has 4 rings (SSSR count). The Bertz CT molecular complexity index is 970.